The molecule has 2 aliphatic rings. The molecule has 0 saturated carbocycles. The molecule has 0 spiro atoms. The quantitative estimate of drug-likeness (QED) is 0.493. The first-order valence-electron chi connectivity index (χ1n) is 10.2. The van der Waals surface area contributed by atoms with Crippen LogP contribution in [0.3, 0.4) is 0 Å². The summed E-state index contributed by atoms with van der Waals surface area (Å²) >= 11 is 0. The van der Waals surface area contributed by atoms with Crippen LogP contribution in [0.4, 0.5) is 17.5 Å². The molecule has 4 heterocycles. The van der Waals surface area contributed by atoms with E-state index >= 15 is 0 Å². The van der Waals surface area contributed by atoms with Crippen molar-refractivity contribution in [3.05, 3.63) is 30.5 Å². The molecule has 10 nitrogen and oxygen atoms in total. The van der Waals surface area contributed by atoms with Crippen molar-refractivity contribution in [2.45, 2.75) is 13.3 Å². The summed E-state index contributed by atoms with van der Waals surface area (Å²) in [6.45, 7) is 4.36. The smallest absolute Gasteiger partial charge is 0.246 e. The number of morpholine rings is 1. The molecule has 1 aromatic carbocycles. The lowest BCUT2D eigenvalue weighted by atomic mass is 9.93. The molecular weight excluding hydrogens is 398 g/mol. The molecule has 2 N–H and O–H groups in total. The van der Waals surface area contributed by atoms with Gasteiger partial charge in [0.25, 0.3) is 0 Å². The third-order valence-electron chi connectivity index (χ3n) is 5.56. The van der Waals surface area contributed by atoms with Gasteiger partial charge in [0.2, 0.25) is 17.8 Å². The Balaban J connectivity index is 1.55. The average molecular weight is 419 g/mol. The number of nitrogen functional groups attached to an aromatic ring is 1. The fourth-order valence-electron chi connectivity index (χ4n) is 3.91. The molecule has 3 aromatic rings. The highest BCUT2D eigenvalue weighted by Gasteiger charge is 2.46. The Bertz CT molecular complexity index is 1180. The zero-order chi connectivity index (χ0) is 21.5. The number of ether oxygens (including phenoxy) is 1. The standard InChI is InChI=1S/C21H21N7O3/c1-2-14-19(29)28(20(14)30)13-5-3-4-12(10-13)15-11-23-17-16(24-15)18(26-21(22)25-17)27-6-8-31-9-7-27/h3-5,10-11,14H,2,6-9H2,1H3,(H2,22,23,25,26). The van der Waals surface area contributed by atoms with Gasteiger partial charge in [0.05, 0.1) is 30.8 Å². The number of amides is 2. The summed E-state index contributed by atoms with van der Waals surface area (Å²) < 4.78 is 5.43. The van der Waals surface area contributed by atoms with Crippen LogP contribution in [0.1, 0.15) is 13.3 Å². The van der Waals surface area contributed by atoms with E-state index in [0.717, 1.165) is 5.56 Å². The monoisotopic (exact) mass is 419 g/mol. The highest BCUT2D eigenvalue weighted by Crippen LogP contribution is 2.32. The summed E-state index contributed by atoms with van der Waals surface area (Å²) in [4.78, 5) is 45.7. The number of hydrogen-bond donors (Lipinski definition) is 1. The SMILES string of the molecule is CCC1C(=O)N(c2cccc(-c3cnc4nc(N)nc(N5CCOCC5)c4n3)c2)C1=O. The number of nitrogens with zero attached hydrogens (tertiary/aromatic N) is 6. The van der Waals surface area contributed by atoms with Crippen LogP contribution in [-0.4, -0.2) is 58.1 Å². The molecule has 0 unspecified atom stereocenters. The molecule has 5 rings (SSSR count). The number of nitrogens with two attached hydrogens (primary N) is 1. The van der Waals surface area contributed by atoms with E-state index in [9.17, 15) is 9.59 Å². The summed E-state index contributed by atoms with van der Waals surface area (Å²) in [6, 6.07) is 7.16. The van der Waals surface area contributed by atoms with Gasteiger partial charge in [-0.15, -0.1) is 0 Å². The summed E-state index contributed by atoms with van der Waals surface area (Å²) in [7, 11) is 0. The Morgan fingerprint density at radius 1 is 1.13 bits per heavy atom. The average Bonchev–Trinajstić information content (AvgIpc) is 2.79. The molecule has 0 atom stereocenters. The summed E-state index contributed by atoms with van der Waals surface area (Å²) in [5.41, 5.74) is 8.69. The van der Waals surface area contributed by atoms with E-state index in [1.807, 2.05) is 13.0 Å². The fraction of sp³-hybridized carbons (Fsp3) is 0.333. The minimum atomic E-state index is -0.539. The van der Waals surface area contributed by atoms with E-state index in [1.54, 1.807) is 24.4 Å². The maximum atomic E-state index is 12.3. The van der Waals surface area contributed by atoms with E-state index in [-0.39, 0.29) is 17.8 Å². The van der Waals surface area contributed by atoms with Gasteiger partial charge in [-0.05, 0) is 18.6 Å². The lowest BCUT2D eigenvalue weighted by Crippen LogP contribution is -2.57. The van der Waals surface area contributed by atoms with Crippen molar-refractivity contribution in [3.63, 3.8) is 0 Å². The van der Waals surface area contributed by atoms with Crippen LogP contribution < -0.4 is 15.5 Å². The number of imide groups is 1. The van der Waals surface area contributed by atoms with Gasteiger partial charge in [0.15, 0.2) is 17.0 Å². The van der Waals surface area contributed by atoms with E-state index in [1.165, 1.54) is 4.90 Å². The molecule has 158 valence electrons. The molecule has 2 aromatic heterocycles. The van der Waals surface area contributed by atoms with Gasteiger partial charge in [-0.2, -0.15) is 9.97 Å². The number of anilines is 3. The number of β-lactam (4-membered cyclic amide) rings is 2. The highest BCUT2D eigenvalue weighted by molar-refractivity contribution is 6.33. The lowest BCUT2D eigenvalue weighted by molar-refractivity contribution is -0.143. The van der Waals surface area contributed by atoms with E-state index in [2.05, 4.69) is 19.9 Å². The van der Waals surface area contributed by atoms with Gasteiger partial charge in [-0.3, -0.25) is 9.59 Å². The van der Waals surface area contributed by atoms with Crippen LogP contribution in [0.25, 0.3) is 22.4 Å². The molecular formula is C21H21N7O3. The molecule has 0 radical (unpaired) electrons. The first-order chi connectivity index (χ1) is 15.1. The first kappa shape index (κ1) is 19.3. The Labute approximate surface area is 178 Å². The Morgan fingerprint density at radius 3 is 2.65 bits per heavy atom. The van der Waals surface area contributed by atoms with E-state index in [4.69, 9.17) is 15.5 Å². The van der Waals surface area contributed by atoms with Gasteiger partial charge in [0.1, 0.15) is 5.92 Å². The predicted octanol–water partition coefficient (Wildman–Crippen LogP) is 1.40. The predicted molar refractivity (Wildman–Crippen MR) is 114 cm³/mol. The van der Waals surface area contributed by atoms with Crippen LogP contribution >= 0.6 is 0 Å². The highest BCUT2D eigenvalue weighted by atomic mass is 16.5. The van der Waals surface area contributed by atoms with Crippen molar-refractivity contribution >= 4 is 40.4 Å². The van der Waals surface area contributed by atoms with Crippen molar-refractivity contribution < 1.29 is 14.3 Å². The normalized spacial score (nSPS) is 17.3. The zero-order valence-electron chi connectivity index (χ0n) is 17.0. The summed E-state index contributed by atoms with van der Waals surface area (Å²) in [5.74, 6) is -0.128. The van der Waals surface area contributed by atoms with Crippen molar-refractivity contribution in [1.82, 2.24) is 19.9 Å². The van der Waals surface area contributed by atoms with Gasteiger partial charge in [0, 0.05) is 18.7 Å². The van der Waals surface area contributed by atoms with Crippen LogP contribution in [0, 0.1) is 5.92 Å². The van der Waals surface area contributed by atoms with E-state index in [0.29, 0.717) is 61.1 Å². The van der Waals surface area contributed by atoms with Gasteiger partial charge < -0.3 is 15.4 Å². The maximum Gasteiger partial charge on any atom is 0.246 e. The molecule has 2 fully saturated rings. The molecule has 31 heavy (non-hydrogen) atoms. The Kier molecular flexibility index (Phi) is 4.70. The molecule has 2 aliphatic heterocycles. The summed E-state index contributed by atoms with van der Waals surface area (Å²) in [6.07, 6.45) is 2.11. The van der Waals surface area contributed by atoms with Gasteiger partial charge in [-0.1, -0.05) is 19.1 Å². The number of rotatable bonds is 4. The number of carbonyl (C=O) groups is 2. The largest absolute Gasteiger partial charge is 0.378 e. The van der Waals surface area contributed by atoms with Crippen LogP contribution in [0.15, 0.2) is 30.5 Å². The minimum absolute atomic E-state index is 0.137. The Morgan fingerprint density at radius 2 is 1.90 bits per heavy atom. The number of carbonyl (C=O) groups excluding carboxylic acids is 2. The maximum absolute atomic E-state index is 12.3. The molecule has 0 bridgehead atoms. The van der Waals surface area contributed by atoms with Crippen LogP contribution in [-0.2, 0) is 14.3 Å². The molecule has 10 heteroatoms. The third kappa shape index (κ3) is 3.25. The van der Waals surface area contributed by atoms with E-state index < -0.39 is 5.92 Å². The lowest BCUT2D eigenvalue weighted by Gasteiger charge is -2.35. The zero-order valence-corrected chi connectivity index (χ0v) is 17.0. The summed E-state index contributed by atoms with van der Waals surface area (Å²) in [5, 5.41) is 0. The van der Waals surface area contributed by atoms with Crippen molar-refractivity contribution in [2.75, 3.05) is 41.8 Å². The third-order valence-corrected chi connectivity index (χ3v) is 5.56. The second-order valence-electron chi connectivity index (χ2n) is 7.46. The number of fused-ring (bicyclic) bond motifs is 1. The number of hydrogen-bond acceptors (Lipinski definition) is 9. The Hall–Kier alpha value is -3.66. The molecule has 0 aliphatic carbocycles. The first-order valence-corrected chi connectivity index (χ1v) is 10.2. The topological polar surface area (TPSA) is 127 Å². The van der Waals surface area contributed by atoms with Gasteiger partial charge >= 0.3 is 0 Å². The minimum Gasteiger partial charge on any atom is -0.378 e. The molecule has 2 amide bonds. The number of aromatic nitrogens is 4. The van der Waals surface area contributed by atoms with Crippen molar-refractivity contribution in [3.8, 4) is 11.3 Å². The van der Waals surface area contributed by atoms with Crippen molar-refractivity contribution in [2.24, 2.45) is 5.92 Å². The van der Waals surface area contributed by atoms with Gasteiger partial charge in [-0.25, -0.2) is 14.9 Å². The molecule has 2 saturated heterocycles. The fourth-order valence-corrected chi connectivity index (χ4v) is 3.91. The second kappa shape index (κ2) is 7.55. The van der Waals surface area contributed by atoms with Crippen LogP contribution in [0.2, 0.25) is 0 Å². The van der Waals surface area contributed by atoms with Crippen LogP contribution in [0.5, 0.6) is 0 Å². The number of benzene rings is 1. The van der Waals surface area contributed by atoms with Crippen molar-refractivity contribution in [1.29, 1.82) is 0 Å². The second-order valence-corrected chi connectivity index (χ2v) is 7.46.